The van der Waals surface area contributed by atoms with Crippen LogP contribution in [0.15, 0.2) is 48.5 Å². The highest BCUT2D eigenvalue weighted by atomic mass is 35.5. The first-order valence-electron chi connectivity index (χ1n) is 11.0. The van der Waals surface area contributed by atoms with E-state index in [0.29, 0.717) is 23.0 Å². The van der Waals surface area contributed by atoms with Gasteiger partial charge in [-0.05, 0) is 67.2 Å². The molecule has 1 aliphatic rings. The molecule has 3 amide bonds. The van der Waals surface area contributed by atoms with Crippen LogP contribution in [0.5, 0.6) is 5.75 Å². The van der Waals surface area contributed by atoms with Gasteiger partial charge in [-0.1, -0.05) is 18.5 Å². The van der Waals surface area contributed by atoms with Gasteiger partial charge in [-0.2, -0.15) is 0 Å². The minimum absolute atomic E-state index is 0.1000. The van der Waals surface area contributed by atoms with E-state index in [1.54, 1.807) is 53.4 Å². The minimum Gasteiger partial charge on any atom is -0.494 e. The summed E-state index contributed by atoms with van der Waals surface area (Å²) in [6, 6.07) is 13.0. The quantitative estimate of drug-likeness (QED) is 0.482. The molecule has 8 nitrogen and oxygen atoms in total. The van der Waals surface area contributed by atoms with Crippen LogP contribution in [0, 0.1) is 0 Å². The van der Waals surface area contributed by atoms with Crippen molar-refractivity contribution in [1.82, 2.24) is 10.2 Å². The van der Waals surface area contributed by atoms with Gasteiger partial charge < -0.3 is 20.3 Å². The molecule has 2 aromatic rings. The first kappa shape index (κ1) is 25.5. The zero-order valence-corrected chi connectivity index (χ0v) is 20.6. The molecule has 1 unspecified atom stereocenters. The lowest BCUT2D eigenvalue weighted by molar-refractivity contribution is -0.124. The van der Waals surface area contributed by atoms with Gasteiger partial charge in [0.1, 0.15) is 11.8 Å². The van der Waals surface area contributed by atoms with Crippen molar-refractivity contribution in [2.24, 2.45) is 0 Å². The average Bonchev–Trinajstić information content (AvgIpc) is 3.03. The Labute approximate surface area is 209 Å². The summed E-state index contributed by atoms with van der Waals surface area (Å²) >= 11 is 11.6. The molecule has 180 valence electrons. The van der Waals surface area contributed by atoms with Crippen molar-refractivity contribution < 1.29 is 19.1 Å². The van der Waals surface area contributed by atoms with E-state index in [1.807, 2.05) is 6.92 Å². The van der Waals surface area contributed by atoms with Gasteiger partial charge in [-0.3, -0.25) is 19.3 Å². The molecule has 34 heavy (non-hydrogen) atoms. The Morgan fingerprint density at radius 2 is 1.79 bits per heavy atom. The molecule has 0 aliphatic carbocycles. The number of hydrogen-bond acceptors (Lipinski definition) is 5. The number of benzene rings is 2. The molecule has 0 spiro atoms. The lowest BCUT2D eigenvalue weighted by Gasteiger charge is -2.24. The molecule has 0 bridgehead atoms. The first-order valence-corrected chi connectivity index (χ1v) is 11.8. The minimum atomic E-state index is -0.802. The van der Waals surface area contributed by atoms with E-state index in [1.165, 1.54) is 11.8 Å². The Hall–Kier alpha value is -3.17. The Kier molecular flexibility index (Phi) is 8.84. The predicted octanol–water partition coefficient (Wildman–Crippen LogP) is 3.60. The lowest BCUT2D eigenvalue weighted by atomic mass is 10.1. The van der Waals surface area contributed by atoms with Crippen molar-refractivity contribution in [3.8, 4) is 5.75 Å². The number of halogens is 1. The van der Waals surface area contributed by atoms with Gasteiger partial charge in [-0.15, -0.1) is 0 Å². The zero-order chi connectivity index (χ0) is 24.7. The van der Waals surface area contributed by atoms with Crippen LogP contribution in [0.25, 0.3) is 0 Å². The summed E-state index contributed by atoms with van der Waals surface area (Å²) in [6.45, 7) is 4.63. The smallest absolute Gasteiger partial charge is 0.256 e. The fourth-order valence-electron chi connectivity index (χ4n) is 3.51. The maximum Gasteiger partial charge on any atom is 0.256 e. The summed E-state index contributed by atoms with van der Waals surface area (Å²) in [5.41, 5.74) is 1.16. The molecule has 0 saturated carbocycles. The molecular formula is C24H27ClN4O4S. The SMILES string of the molecule is CCCOc1ccc(NC(=O)CC2C(=O)N(c3ccc(Cl)cc3)C(=S)N2CCNC(C)=O)cc1. The highest BCUT2D eigenvalue weighted by Crippen LogP contribution is 2.28. The van der Waals surface area contributed by atoms with Crippen LogP contribution in [0.2, 0.25) is 5.02 Å². The summed E-state index contributed by atoms with van der Waals surface area (Å²) in [5, 5.41) is 6.33. The van der Waals surface area contributed by atoms with E-state index in [4.69, 9.17) is 28.6 Å². The van der Waals surface area contributed by atoms with Crippen LogP contribution in [0.1, 0.15) is 26.7 Å². The second-order valence-corrected chi connectivity index (χ2v) is 8.55. The van der Waals surface area contributed by atoms with Gasteiger partial charge >= 0.3 is 0 Å². The van der Waals surface area contributed by atoms with E-state index >= 15 is 0 Å². The van der Waals surface area contributed by atoms with Crippen LogP contribution in [0.3, 0.4) is 0 Å². The van der Waals surface area contributed by atoms with Gasteiger partial charge in [-0.25, -0.2) is 0 Å². The maximum atomic E-state index is 13.3. The molecule has 2 aromatic carbocycles. The Balaban J connectivity index is 1.73. The van der Waals surface area contributed by atoms with E-state index in [0.717, 1.165) is 12.2 Å². The molecular weight excluding hydrogens is 476 g/mol. The third kappa shape index (κ3) is 6.45. The molecule has 0 aromatic heterocycles. The molecule has 0 radical (unpaired) electrons. The standard InChI is InChI=1S/C24H27ClN4O4S/c1-3-14-33-20-10-6-18(7-11-20)27-22(31)15-21-23(32)29(19-8-4-17(25)5-9-19)24(34)28(21)13-12-26-16(2)30/h4-11,21H,3,12-15H2,1-2H3,(H,26,30)(H,27,31). The monoisotopic (exact) mass is 502 g/mol. The predicted molar refractivity (Wildman–Crippen MR) is 136 cm³/mol. The van der Waals surface area contributed by atoms with Crippen molar-refractivity contribution in [3.05, 3.63) is 53.6 Å². The summed E-state index contributed by atoms with van der Waals surface area (Å²) in [5.74, 6) is -0.106. The van der Waals surface area contributed by atoms with Gasteiger partial charge in [0.15, 0.2) is 5.11 Å². The molecule has 1 heterocycles. The molecule has 10 heteroatoms. The number of amides is 3. The van der Waals surface area contributed by atoms with Crippen molar-refractivity contribution in [2.75, 3.05) is 29.9 Å². The lowest BCUT2D eigenvalue weighted by Crippen LogP contribution is -2.42. The van der Waals surface area contributed by atoms with Crippen LogP contribution in [-0.2, 0) is 14.4 Å². The number of carbonyl (C=O) groups is 3. The number of ether oxygens (including phenoxy) is 1. The number of thiocarbonyl (C=S) groups is 1. The van der Waals surface area contributed by atoms with Gasteiger partial charge in [0.25, 0.3) is 5.91 Å². The van der Waals surface area contributed by atoms with Gasteiger partial charge in [0.05, 0.1) is 18.7 Å². The normalized spacial score (nSPS) is 15.4. The van der Waals surface area contributed by atoms with E-state index in [-0.39, 0.29) is 42.3 Å². The number of anilines is 2. The number of carbonyl (C=O) groups excluding carboxylic acids is 3. The summed E-state index contributed by atoms with van der Waals surface area (Å²) in [7, 11) is 0. The van der Waals surface area contributed by atoms with E-state index in [9.17, 15) is 14.4 Å². The number of rotatable bonds is 10. The molecule has 1 fully saturated rings. The number of hydrogen-bond donors (Lipinski definition) is 2. The Bertz CT molecular complexity index is 1050. The van der Waals surface area contributed by atoms with Crippen molar-refractivity contribution in [1.29, 1.82) is 0 Å². The first-order chi connectivity index (χ1) is 16.3. The van der Waals surface area contributed by atoms with Gasteiger partial charge in [0.2, 0.25) is 11.8 Å². The van der Waals surface area contributed by atoms with Gasteiger partial charge in [0, 0.05) is 30.7 Å². The van der Waals surface area contributed by atoms with Crippen LogP contribution in [-0.4, -0.2) is 53.5 Å². The second kappa shape index (κ2) is 11.8. The Morgan fingerprint density at radius 1 is 1.12 bits per heavy atom. The second-order valence-electron chi connectivity index (χ2n) is 7.75. The number of nitrogens with one attached hydrogen (secondary N) is 2. The maximum absolute atomic E-state index is 13.3. The van der Waals surface area contributed by atoms with Crippen molar-refractivity contribution >= 4 is 58.0 Å². The summed E-state index contributed by atoms with van der Waals surface area (Å²) < 4.78 is 5.56. The Morgan fingerprint density at radius 3 is 2.41 bits per heavy atom. The van der Waals surface area contributed by atoms with Crippen LogP contribution < -0.4 is 20.3 Å². The van der Waals surface area contributed by atoms with E-state index in [2.05, 4.69) is 10.6 Å². The van der Waals surface area contributed by atoms with Crippen LogP contribution in [0.4, 0.5) is 11.4 Å². The molecule has 2 N–H and O–H groups in total. The molecule has 1 aliphatic heterocycles. The zero-order valence-electron chi connectivity index (χ0n) is 19.0. The molecule has 1 saturated heterocycles. The fraction of sp³-hybridized carbons (Fsp3) is 0.333. The third-order valence-electron chi connectivity index (χ3n) is 5.12. The molecule has 1 atom stereocenters. The average molecular weight is 503 g/mol. The number of nitrogens with zero attached hydrogens (tertiary/aromatic N) is 2. The largest absolute Gasteiger partial charge is 0.494 e. The van der Waals surface area contributed by atoms with E-state index < -0.39 is 6.04 Å². The third-order valence-corrected chi connectivity index (χ3v) is 5.79. The topological polar surface area (TPSA) is 91.0 Å². The summed E-state index contributed by atoms with van der Waals surface area (Å²) in [4.78, 5) is 40.5. The molecule has 3 rings (SSSR count). The highest BCUT2D eigenvalue weighted by molar-refractivity contribution is 7.80. The summed E-state index contributed by atoms with van der Waals surface area (Å²) in [6.07, 6.45) is 0.804. The van der Waals surface area contributed by atoms with Crippen molar-refractivity contribution in [2.45, 2.75) is 32.7 Å². The fourth-order valence-corrected chi connectivity index (χ4v) is 4.05. The van der Waals surface area contributed by atoms with Crippen LogP contribution >= 0.6 is 23.8 Å². The highest BCUT2D eigenvalue weighted by Gasteiger charge is 2.43. The van der Waals surface area contributed by atoms with Crippen molar-refractivity contribution in [3.63, 3.8) is 0 Å².